The summed E-state index contributed by atoms with van der Waals surface area (Å²) in [5, 5.41) is 3.90. The monoisotopic (exact) mass is 295 g/mol. The van der Waals surface area contributed by atoms with Gasteiger partial charge in [0.05, 0.1) is 6.54 Å². The number of nitrogens with one attached hydrogen (secondary N) is 1. The van der Waals surface area contributed by atoms with Gasteiger partial charge in [0.1, 0.15) is 0 Å². The lowest BCUT2D eigenvalue weighted by Crippen LogP contribution is -2.48. The third-order valence-corrected chi connectivity index (χ3v) is 5.02. The molecule has 0 aromatic carbocycles. The number of hydrogen-bond acceptors (Lipinski definition) is 3. The molecule has 0 atom stereocenters. The molecule has 2 rings (SSSR count). The normalized spacial score (nSPS) is 23.5. The number of likely N-dealkylation sites (tertiary alicyclic amines) is 1. The molecule has 1 amide bonds. The zero-order chi connectivity index (χ0) is 15.1. The van der Waals surface area contributed by atoms with Crippen LogP contribution < -0.4 is 5.32 Å². The van der Waals surface area contributed by atoms with Gasteiger partial charge >= 0.3 is 0 Å². The molecule has 1 aliphatic carbocycles. The van der Waals surface area contributed by atoms with E-state index in [0.717, 1.165) is 19.1 Å². The lowest BCUT2D eigenvalue weighted by Gasteiger charge is -2.35. The quantitative estimate of drug-likeness (QED) is 0.864. The van der Waals surface area contributed by atoms with Crippen LogP contribution in [0.4, 0.5) is 0 Å². The Morgan fingerprint density at radius 2 is 1.48 bits per heavy atom. The lowest BCUT2D eigenvalue weighted by atomic mass is 9.95. The van der Waals surface area contributed by atoms with Crippen LogP contribution in [0, 0.1) is 0 Å². The van der Waals surface area contributed by atoms with Crippen LogP contribution in [-0.2, 0) is 4.79 Å². The number of rotatable bonds is 4. The number of likely N-dealkylation sites (N-methyl/N-ethyl adjacent to an activating group) is 1. The van der Waals surface area contributed by atoms with Crippen LogP contribution in [0.1, 0.15) is 57.8 Å². The van der Waals surface area contributed by atoms with Gasteiger partial charge in [-0.1, -0.05) is 32.1 Å². The van der Waals surface area contributed by atoms with Crippen LogP contribution in [0.15, 0.2) is 0 Å². The summed E-state index contributed by atoms with van der Waals surface area (Å²) in [6.45, 7) is 2.71. The van der Waals surface area contributed by atoms with Crippen molar-refractivity contribution in [3.8, 4) is 0 Å². The first-order chi connectivity index (χ1) is 10.1. The molecule has 0 radical (unpaired) electrons. The van der Waals surface area contributed by atoms with Crippen LogP contribution in [-0.4, -0.2) is 61.5 Å². The van der Waals surface area contributed by atoms with Gasteiger partial charge in [-0.25, -0.2) is 0 Å². The summed E-state index contributed by atoms with van der Waals surface area (Å²) in [5.74, 6) is 0.224. The van der Waals surface area contributed by atoms with Gasteiger partial charge in [-0.3, -0.25) is 9.69 Å². The second-order valence-corrected chi connectivity index (χ2v) is 7.05. The van der Waals surface area contributed by atoms with Crippen molar-refractivity contribution < 1.29 is 4.79 Å². The van der Waals surface area contributed by atoms with Crippen LogP contribution in [0.3, 0.4) is 0 Å². The zero-order valence-corrected chi connectivity index (χ0v) is 13.9. The standard InChI is InChI=1S/C17H33N3O/c1-19(2)17(21)14-20-12-10-16(11-13-20)18-15-8-6-4-3-5-7-9-15/h15-16,18H,3-14H2,1-2H3. The number of carbonyl (C=O) groups excluding carboxylic acids is 1. The minimum absolute atomic E-state index is 0.224. The highest BCUT2D eigenvalue weighted by atomic mass is 16.2. The maximum Gasteiger partial charge on any atom is 0.236 e. The van der Waals surface area contributed by atoms with Gasteiger partial charge in [0.15, 0.2) is 0 Å². The van der Waals surface area contributed by atoms with Crippen LogP contribution >= 0.6 is 0 Å². The number of piperidine rings is 1. The molecule has 1 saturated heterocycles. The van der Waals surface area contributed by atoms with E-state index in [1.165, 1.54) is 57.8 Å². The summed E-state index contributed by atoms with van der Waals surface area (Å²) >= 11 is 0. The highest BCUT2D eigenvalue weighted by Gasteiger charge is 2.23. The highest BCUT2D eigenvalue weighted by Crippen LogP contribution is 2.19. The van der Waals surface area contributed by atoms with Crippen molar-refractivity contribution in [2.75, 3.05) is 33.7 Å². The van der Waals surface area contributed by atoms with E-state index in [4.69, 9.17) is 0 Å². The molecule has 122 valence electrons. The summed E-state index contributed by atoms with van der Waals surface area (Å²) in [5.41, 5.74) is 0. The Hall–Kier alpha value is -0.610. The Kier molecular flexibility index (Phi) is 6.97. The van der Waals surface area contributed by atoms with Gasteiger partial charge in [0.25, 0.3) is 0 Å². The van der Waals surface area contributed by atoms with Crippen LogP contribution in [0.2, 0.25) is 0 Å². The minimum atomic E-state index is 0.224. The fraction of sp³-hybridized carbons (Fsp3) is 0.941. The molecular weight excluding hydrogens is 262 g/mol. The van der Waals surface area contributed by atoms with Gasteiger partial charge in [0.2, 0.25) is 5.91 Å². The number of nitrogens with zero attached hydrogens (tertiary/aromatic N) is 2. The van der Waals surface area contributed by atoms with Crippen molar-refractivity contribution in [3.63, 3.8) is 0 Å². The molecule has 21 heavy (non-hydrogen) atoms. The summed E-state index contributed by atoms with van der Waals surface area (Å²) < 4.78 is 0. The maximum absolute atomic E-state index is 11.7. The fourth-order valence-electron chi connectivity index (χ4n) is 3.55. The van der Waals surface area contributed by atoms with Crippen molar-refractivity contribution in [1.82, 2.24) is 15.1 Å². The van der Waals surface area contributed by atoms with E-state index < -0.39 is 0 Å². The van der Waals surface area contributed by atoms with Crippen LogP contribution in [0.5, 0.6) is 0 Å². The Labute approximate surface area is 130 Å². The molecule has 0 aromatic rings. The predicted octanol–water partition coefficient (Wildman–Crippen LogP) is 2.24. The molecule has 2 fully saturated rings. The van der Waals surface area contributed by atoms with E-state index in [0.29, 0.717) is 12.6 Å². The summed E-state index contributed by atoms with van der Waals surface area (Å²) in [4.78, 5) is 15.7. The second kappa shape index (κ2) is 8.74. The van der Waals surface area contributed by atoms with E-state index in [-0.39, 0.29) is 5.91 Å². The highest BCUT2D eigenvalue weighted by molar-refractivity contribution is 5.77. The van der Waals surface area contributed by atoms with Crippen LogP contribution in [0.25, 0.3) is 0 Å². The lowest BCUT2D eigenvalue weighted by molar-refractivity contribution is -0.130. The average Bonchev–Trinajstić information content (AvgIpc) is 2.43. The van der Waals surface area contributed by atoms with Crippen molar-refractivity contribution in [2.45, 2.75) is 69.9 Å². The number of carbonyl (C=O) groups is 1. The van der Waals surface area contributed by atoms with Gasteiger partial charge in [-0.15, -0.1) is 0 Å². The Morgan fingerprint density at radius 3 is 2.05 bits per heavy atom. The third kappa shape index (κ3) is 5.95. The summed E-state index contributed by atoms with van der Waals surface area (Å²) in [6, 6.07) is 1.41. The minimum Gasteiger partial charge on any atom is -0.348 e. The Balaban J connectivity index is 1.67. The Bertz CT molecular complexity index is 303. The molecule has 0 unspecified atom stereocenters. The molecule has 1 heterocycles. The molecule has 4 nitrogen and oxygen atoms in total. The zero-order valence-electron chi connectivity index (χ0n) is 13.9. The van der Waals surface area contributed by atoms with Crippen molar-refractivity contribution in [3.05, 3.63) is 0 Å². The fourth-order valence-corrected chi connectivity index (χ4v) is 3.55. The molecule has 0 spiro atoms. The molecule has 2 aliphatic rings. The van der Waals surface area contributed by atoms with E-state index >= 15 is 0 Å². The van der Waals surface area contributed by atoms with Gasteiger partial charge in [0, 0.05) is 39.3 Å². The molecule has 1 saturated carbocycles. The Morgan fingerprint density at radius 1 is 0.952 bits per heavy atom. The molecular formula is C17H33N3O. The molecule has 1 aliphatic heterocycles. The topological polar surface area (TPSA) is 35.6 Å². The average molecular weight is 295 g/mol. The number of hydrogen-bond donors (Lipinski definition) is 1. The van der Waals surface area contributed by atoms with E-state index in [9.17, 15) is 4.79 Å². The first-order valence-corrected chi connectivity index (χ1v) is 8.83. The smallest absolute Gasteiger partial charge is 0.236 e. The van der Waals surface area contributed by atoms with Crippen molar-refractivity contribution in [1.29, 1.82) is 0 Å². The maximum atomic E-state index is 11.7. The van der Waals surface area contributed by atoms with E-state index in [1.807, 2.05) is 14.1 Å². The summed E-state index contributed by atoms with van der Waals surface area (Å²) in [7, 11) is 3.68. The van der Waals surface area contributed by atoms with Gasteiger partial charge in [-0.2, -0.15) is 0 Å². The molecule has 0 bridgehead atoms. The number of amides is 1. The van der Waals surface area contributed by atoms with Crippen molar-refractivity contribution >= 4 is 5.91 Å². The first kappa shape index (κ1) is 16.8. The predicted molar refractivity (Wildman–Crippen MR) is 87.4 cm³/mol. The largest absolute Gasteiger partial charge is 0.348 e. The molecule has 1 N–H and O–H groups in total. The molecule has 0 aromatic heterocycles. The SMILES string of the molecule is CN(C)C(=O)CN1CCC(NC2CCCCCCC2)CC1. The van der Waals surface area contributed by atoms with Gasteiger partial charge < -0.3 is 10.2 Å². The third-order valence-electron chi connectivity index (χ3n) is 5.02. The van der Waals surface area contributed by atoms with Gasteiger partial charge in [-0.05, 0) is 25.7 Å². The van der Waals surface area contributed by atoms with Crippen molar-refractivity contribution in [2.24, 2.45) is 0 Å². The second-order valence-electron chi connectivity index (χ2n) is 7.05. The van der Waals surface area contributed by atoms with E-state index in [1.54, 1.807) is 4.90 Å². The van der Waals surface area contributed by atoms with E-state index in [2.05, 4.69) is 10.2 Å². The molecule has 4 heteroatoms. The summed E-state index contributed by atoms with van der Waals surface area (Å²) in [6.07, 6.45) is 12.2. The first-order valence-electron chi connectivity index (χ1n) is 8.83.